The number of fused-ring (bicyclic) bond motifs is 2. The summed E-state index contributed by atoms with van der Waals surface area (Å²) in [7, 11) is 3.00. The highest BCUT2D eigenvalue weighted by Gasteiger charge is 2.27. The van der Waals surface area contributed by atoms with Crippen LogP contribution in [-0.2, 0) is 0 Å². The molecule has 2 aromatic rings. The fourth-order valence-electron chi connectivity index (χ4n) is 3.18. The maximum Gasteiger partial charge on any atom is 0.231 e. The zero-order valence-corrected chi connectivity index (χ0v) is 15.3. The Morgan fingerprint density at radius 1 is 1.00 bits per heavy atom. The van der Waals surface area contributed by atoms with E-state index in [4.69, 9.17) is 28.4 Å². The van der Waals surface area contributed by atoms with Crippen LogP contribution in [0.4, 0.5) is 0 Å². The largest absolute Gasteiger partial charge is 0.493 e. The number of Topliss-reactive ketones (excluding diaryl/α,β-unsaturated/α-hetero) is 1. The average Bonchev–Trinajstić information content (AvgIpc) is 3.39. The smallest absolute Gasteiger partial charge is 0.231 e. The minimum atomic E-state index is -0.688. The topological polar surface area (TPSA) is 96.2 Å². The van der Waals surface area contributed by atoms with Gasteiger partial charge in [0.05, 0.1) is 26.2 Å². The Bertz CT molecular complexity index is 979. The summed E-state index contributed by atoms with van der Waals surface area (Å²) >= 11 is 0. The number of hydrogen-bond donors (Lipinski definition) is 0. The summed E-state index contributed by atoms with van der Waals surface area (Å²) in [5.74, 6) is 1.87. The van der Waals surface area contributed by atoms with E-state index in [9.17, 15) is 10.1 Å². The van der Waals surface area contributed by atoms with Crippen molar-refractivity contribution in [2.75, 3.05) is 27.8 Å². The molecular formula is C20H17NO7. The third kappa shape index (κ3) is 3.01. The summed E-state index contributed by atoms with van der Waals surface area (Å²) in [6.07, 6.45) is -0.0257. The second-order valence-electron chi connectivity index (χ2n) is 6.18. The second kappa shape index (κ2) is 7.19. The summed E-state index contributed by atoms with van der Waals surface area (Å²) in [6, 6.07) is 8.76. The quantitative estimate of drug-likeness (QED) is 0.703. The lowest BCUT2D eigenvalue weighted by molar-refractivity contribution is 0.0978. The van der Waals surface area contributed by atoms with Crippen molar-refractivity contribution in [3.63, 3.8) is 0 Å². The van der Waals surface area contributed by atoms with E-state index in [1.807, 2.05) is 0 Å². The molecule has 0 bridgehead atoms. The number of nitrogens with zero attached hydrogens (tertiary/aromatic N) is 1. The molecule has 8 heteroatoms. The molecular weight excluding hydrogens is 366 g/mol. The van der Waals surface area contributed by atoms with Crippen LogP contribution in [0.3, 0.4) is 0 Å². The number of ether oxygens (including phenoxy) is 6. The highest BCUT2D eigenvalue weighted by molar-refractivity contribution is 5.98. The van der Waals surface area contributed by atoms with Gasteiger partial charge in [0.25, 0.3) is 0 Å². The fourth-order valence-corrected chi connectivity index (χ4v) is 3.18. The summed E-state index contributed by atoms with van der Waals surface area (Å²) < 4.78 is 32.1. The third-order valence-corrected chi connectivity index (χ3v) is 4.61. The minimum Gasteiger partial charge on any atom is -0.493 e. The molecule has 0 saturated carbocycles. The Balaban J connectivity index is 1.61. The molecule has 0 aromatic heterocycles. The number of ketones is 1. The molecule has 0 amide bonds. The number of rotatable bonds is 6. The van der Waals surface area contributed by atoms with Crippen LogP contribution in [0.1, 0.15) is 28.3 Å². The van der Waals surface area contributed by atoms with E-state index in [1.165, 1.54) is 14.2 Å². The van der Waals surface area contributed by atoms with Gasteiger partial charge in [-0.3, -0.25) is 4.79 Å². The van der Waals surface area contributed by atoms with E-state index in [0.29, 0.717) is 45.6 Å². The molecule has 2 heterocycles. The van der Waals surface area contributed by atoms with E-state index in [1.54, 1.807) is 24.3 Å². The Hall–Kier alpha value is -3.60. The van der Waals surface area contributed by atoms with E-state index >= 15 is 0 Å². The Labute approximate surface area is 161 Å². The molecule has 0 spiro atoms. The first-order valence-electron chi connectivity index (χ1n) is 8.52. The van der Waals surface area contributed by atoms with Gasteiger partial charge in [-0.2, -0.15) is 5.26 Å². The van der Waals surface area contributed by atoms with Crippen molar-refractivity contribution in [3.8, 4) is 40.6 Å². The molecule has 2 aliphatic rings. The van der Waals surface area contributed by atoms with Crippen molar-refractivity contribution >= 4 is 5.78 Å². The summed E-state index contributed by atoms with van der Waals surface area (Å²) in [6.45, 7) is 0.156. The van der Waals surface area contributed by atoms with Crippen molar-refractivity contribution in [2.24, 2.45) is 0 Å². The molecule has 28 heavy (non-hydrogen) atoms. The van der Waals surface area contributed by atoms with Crippen molar-refractivity contribution in [1.82, 2.24) is 0 Å². The number of carbonyl (C=O) groups is 1. The van der Waals surface area contributed by atoms with E-state index in [2.05, 4.69) is 6.07 Å². The van der Waals surface area contributed by atoms with Crippen LogP contribution in [0.2, 0.25) is 0 Å². The Morgan fingerprint density at radius 2 is 1.61 bits per heavy atom. The van der Waals surface area contributed by atoms with Gasteiger partial charge in [-0.05, 0) is 29.8 Å². The molecule has 0 N–H and O–H groups in total. The van der Waals surface area contributed by atoms with Crippen LogP contribution < -0.4 is 28.4 Å². The van der Waals surface area contributed by atoms with Crippen LogP contribution in [0, 0.1) is 11.3 Å². The zero-order valence-electron chi connectivity index (χ0n) is 15.3. The van der Waals surface area contributed by atoms with Gasteiger partial charge < -0.3 is 28.4 Å². The summed E-state index contributed by atoms with van der Waals surface area (Å²) in [4.78, 5) is 12.9. The van der Waals surface area contributed by atoms with Crippen LogP contribution in [-0.4, -0.2) is 33.6 Å². The number of hydrogen-bond acceptors (Lipinski definition) is 8. The molecule has 0 radical (unpaired) electrons. The normalized spacial score (nSPS) is 14.3. The number of methoxy groups -OCH3 is 2. The molecule has 0 saturated heterocycles. The fraction of sp³-hybridized carbons (Fsp3) is 0.300. The standard InChI is InChI=1S/C20H17NO7/c1-23-15-4-11(5-17-19(15)27-9-25-17)13(8-21)3-14(22)12-6-16(24-2)20-18(7-12)26-10-28-20/h4-7,13H,3,9-10H2,1-2H3. The Kier molecular flexibility index (Phi) is 4.57. The highest BCUT2D eigenvalue weighted by atomic mass is 16.7. The first-order valence-corrected chi connectivity index (χ1v) is 8.52. The van der Waals surface area contributed by atoms with E-state index < -0.39 is 5.92 Å². The van der Waals surface area contributed by atoms with Gasteiger partial charge >= 0.3 is 0 Å². The maximum atomic E-state index is 12.9. The van der Waals surface area contributed by atoms with Crippen molar-refractivity contribution in [2.45, 2.75) is 12.3 Å². The first-order chi connectivity index (χ1) is 13.6. The van der Waals surface area contributed by atoms with Gasteiger partial charge in [-0.15, -0.1) is 0 Å². The van der Waals surface area contributed by atoms with Gasteiger partial charge in [-0.25, -0.2) is 0 Å². The molecule has 144 valence electrons. The van der Waals surface area contributed by atoms with Crippen LogP contribution in [0.5, 0.6) is 34.5 Å². The summed E-state index contributed by atoms with van der Waals surface area (Å²) in [5, 5.41) is 9.66. The lowest BCUT2D eigenvalue weighted by Crippen LogP contribution is -2.07. The number of benzene rings is 2. The van der Waals surface area contributed by atoms with Crippen molar-refractivity contribution in [3.05, 3.63) is 35.4 Å². The molecule has 4 rings (SSSR count). The minimum absolute atomic E-state index is 0.0257. The van der Waals surface area contributed by atoms with Gasteiger partial charge in [-0.1, -0.05) is 0 Å². The molecule has 0 fully saturated rings. The maximum absolute atomic E-state index is 12.9. The third-order valence-electron chi connectivity index (χ3n) is 4.61. The average molecular weight is 383 g/mol. The Morgan fingerprint density at radius 3 is 2.21 bits per heavy atom. The van der Waals surface area contributed by atoms with E-state index in [-0.39, 0.29) is 25.8 Å². The predicted octanol–water partition coefficient (Wildman–Crippen LogP) is 3.04. The molecule has 1 unspecified atom stereocenters. The van der Waals surface area contributed by atoms with Gasteiger partial charge in [0, 0.05) is 12.0 Å². The number of nitriles is 1. The van der Waals surface area contributed by atoms with Gasteiger partial charge in [0.15, 0.2) is 28.8 Å². The monoisotopic (exact) mass is 383 g/mol. The van der Waals surface area contributed by atoms with Gasteiger partial charge in [0.1, 0.15) is 0 Å². The lowest BCUT2D eigenvalue weighted by Gasteiger charge is -2.13. The second-order valence-corrected chi connectivity index (χ2v) is 6.18. The van der Waals surface area contributed by atoms with E-state index in [0.717, 1.165) is 0 Å². The zero-order chi connectivity index (χ0) is 19.7. The molecule has 2 aromatic carbocycles. The van der Waals surface area contributed by atoms with Crippen molar-refractivity contribution in [1.29, 1.82) is 5.26 Å². The van der Waals surface area contributed by atoms with Crippen molar-refractivity contribution < 1.29 is 33.2 Å². The summed E-state index contributed by atoms with van der Waals surface area (Å²) in [5.41, 5.74) is 0.999. The predicted molar refractivity (Wildman–Crippen MR) is 95.5 cm³/mol. The highest BCUT2D eigenvalue weighted by Crippen LogP contribution is 2.44. The molecule has 8 nitrogen and oxygen atoms in total. The van der Waals surface area contributed by atoms with Crippen LogP contribution in [0.15, 0.2) is 24.3 Å². The number of carbonyl (C=O) groups excluding carboxylic acids is 1. The molecule has 2 aliphatic heterocycles. The van der Waals surface area contributed by atoms with Gasteiger partial charge in [0.2, 0.25) is 25.1 Å². The lowest BCUT2D eigenvalue weighted by atomic mass is 9.92. The molecule has 1 atom stereocenters. The first kappa shape index (κ1) is 17.8. The van der Waals surface area contributed by atoms with Crippen LogP contribution in [0.25, 0.3) is 0 Å². The molecule has 0 aliphatic carbocycles. The van der Waals surface area contributed by atoms with Crippen LogP contribution >= 0.6 is 0 Å². The SMILES string of the molecule is COc1cc(C(=O)CC(C#N)c2cc(OC)c3c(c2)OCO3)cc2c1OCO2.